The minimum absolute atomic E-state index is 0.123. The number of nitro benzene ring substituents is 1. The number of hydrogen-bond acceptors (Lipinski definition) is 9. The summed E-state index contributed by atoms with van der Waals surface area (Å²) in [7, 11) is 1.40. The van der Waals surface area contributed by atoms with E-state index in [1.165, 1.54) is 7.11 Å². The third-order valence-electron chi connectivity index (χ3n) is 8.12. The van der Waals surface area contributed by atoms with Gasteiger partial charge in [-0.1, -0.05) is 6.07 Å². The Labute approximate surface area is 240 Å². The van der Waals surface area contributed by atoms with E-state index in [2.05, 4.69) is 11.0 Å². The molecule has 1 amide bonds. The molecule has 4 heterocycles. The number of aryl methyl sites for hydroxylation is 1. The number of methoxy groups -OCH3 is 1. The Bertz CT molecular complexity index is 1470. The number of pyridine rings is 1. The summed E-state index contributed by atoms with van der Waals surface area (Å²) in [6.07, 6.45) is 1.01. The van der Waals surface area contributed by atoms with Gasteiger partial charge < -0.3 is 24.0 Å². The third kappa shape index (κ3) is 5.17. The van der Waals surface area contributed by atoms with Gasteiger partial charge in [0.05, 0.1) is 35.5 Å². The van der Waals surface area contributed by atoms with Gasteiger partial charge in [0, 0.05) is 49.1 Å². The number of benzene rings is 1. The van der Waals surface area contributed by atoms with Gasteiger partial charge in [-0.3, -0.25) is 10.1 Å². The van der Waals surface area contributed by atoms with Crippen molar-refractivity contribution >= 4 is 17.6 Å². The third-order valence-corrected chi connectivity index (χ3v) is 8.12. The largest absolute Gasteiger partial charge is 0.490 e. The van der Waals surface area contributed by atoms with E-state index < -0.39 is 16.1 Å². The van der Waals surface area contributed by atoms with E-state index >= 15 is 0 Å². The molecule has 2 saturated heterocycles. The molecule has 0 bridgehead atoms. The van der Waals surface area contributed by atoms with E-state index in [-0.39, 0.29) is 35.1 Å². The van der Waals surface area contributed by atoms with Crippen LogP contribution in [0.5, 0.6) is 5.75 Å². The summed E-state index contributed by atoms with van der Waals surface area (Å²) in [5, 5.41) is 23.0. The quantitative estimate of drug-likeness (QED) is 0.366. The van der Waals surface area contributed by atoms with E-state index in [1.807, 2.05) is 34.6 Å². The molecule has 1 aromatic heterocycles. The van der Waals surface area contributed by atoms with Gasteiger partial charge in [0.1, 0.15) is 23.1 Å². The molecule has 0 atom stereocenters. The molecule has 0 aliphatic carbocycles. The van der Waals surface area contributed by atoms with Crippen molar-refractivity contribution < 1.29 is 23.9 Å². The second-order valence-corrected chi connectivity index (χ2v) is 13.0. The minimum atomic E-state index is -0.564. The smallest absolute Gasteiger partial charge is 0.410 e. The molecule has 218 valence electrons. The zero-order valence-electron chi connectivity index (χ0n) is 24.8. The maximum atomic E-state index is 12.6. The van der Waals surface area contributed by atoms with Crippen molar-refractivity contribution in [3.8, 4) is 22.9 Å². The van der Waals surface area contributed by atoms with Crippen LogP contribution < -0.4 is 9.64 Å². The second-order valence-electron chi connectivity index (χ2n) is 13.0. The maximum absolute atomic E-state index is 12.6. The number of nitrogens with zero attached hydrogens (tertiary/aromatic N) is 5. The monoisotopic (exact) mass is 563 g/mol. The first-order valence-electron chi connectivity index (χ1n) is 13.8. The average molecular weight is 564 g/mol. The van der Waals surface area contributed by atoms with Gasteiger partial charge in [0.2, 0.25) is 0 Å². The Morgan fingerprint density at radius 1 is 1.22 bits per heavy atom. The van der Waals surface area contributed by atoms with E-state index in [9.17, 15) is 20.2 Å². The molecule has 3 aliphatic rings. The van der Waals surface area contributed by atoms with Gasteiger partial charge in [-0.05, 0) is 59.6 Å². The second kappa shape index (κ2) is 9.87. The Morgan fingerprint density at radius 3 is 2.54 bits per heavy atom. The molecule has 5 rings (SSSR count). The lowest BCUT2D eigenvalue weighted by Crippen LogP contribution is -2.60. The van der Waals surface area contributed by atoms with Crippen LogP contribution in [0.3, 0.4) is 0 Å². The van der Waals surface area contributed by atoms with Crippen LogP contribution in [0.2, 0.25) is 0 Å². The van der Waals surface area contributed by atoms with Crippen LogP contribution in [0.1, 0.15) is 63.4 Å². The summed E-state index contributed by atoms with van der Waals surface area (Å²) < 4.78 is 17.1. The summed E-state index contributed by atoms with van der Waals surface area (Å²) in [5.74, 6) is 0.642. The minimum Gasteiger partial charge on any atom is -0.490 e. The van der Waals surface area contributed by atoms with Crippen molar-refractivity contribution in [2.45, 2.75) is 72.2 Å². The van der Waals surface area contributed by atoms with E-state index in [1.54, 1.807) is 24.0 Å². The highest BCUT2D eigenvalue weighted by Gasteiger charge is 2.51. The molecular weight excluding hydrogens is 526 g/mol. The first-order valence-corrected chi connectivity index (χ1v) is 13.8. The maximum Gasteiger partial charge on any atom is 0.410 e. The molecule has 1 spiro atoms. The number of likely N-dealkylation sites (tertiary alicyclic amines) is 1. The van der Waals surface area contributed by atoms with Crippen molar-refractivity contribution in [2.24, 2.45) is 5.41 Å². The lowest BCUT2D eigenvalue weighted by Gasteiger charge is -2.47. The number of rotatable bonds is 4. The Kier molecular flexibility index (Phi) is 6.89. The molecule has 3 aliphatic heterocycles. The molecule has 2 aromatic rings. The van der Waals surface area contributed by atoms with Crippen molar-refractivity contribution in [1.82, 2.24) is 9.88 Å². The fourth-order valence-corrected chi connectivity index (χ4v) is 6.22. The highest BCUT2D eigenvalue weighted by molar-refractivity contribution is 5.89. The van der Waals surface area contributed by atoms with Crippen molar-refractivity contribution in [1.29, 1.82) is 5.26 Å². The first-order chi connectivity index (χ1) is 19.2. The van der Waals surface area contributed by atoms with Crippen LogP contribution in [-0.2, 0) is 22.5 Å². The number of carbonyl (C=O) groups excluding carboxylic acids is 1. The number of fused-ring (bicyclic) bond motifs is 1. The fraction of sp³-hybridized carbons (Fsp3) is 0.567. The number of nitriles is 1. The lowest BCUT2D eigenvalue weighted by atomic mass is 9.79. The van der Waals surface area contributed by atoms with Gasteiger partial charge in [-0.2, -0.15) is 5.26 Å². The fourth-order valence-electron chi connectivity index (χ4n) is 6.22. The van der Waals surface area contributed by atoms with Gasteiger partial charge in [-0.15, -0.1) is 0 Å². The Balaban J connectivity index is 1.59. The number of amides is 1. The van der Waals surface area contributed by atoms with Crippen LogP contribution in [0.4, 0.5) is 16.3 Å². The molecule has 2 fully saturated rings. The van der Waals surface area contributed by atoms with Crippen LogP contribution in [-0.4, -0.2) is 65.4 Å². The topological polar surface area (TPSA) is 131 Å². The number of carbonyl (C=O) groups is 1. The average Bonchev–Trinajstić information content (AvgIpc) is 3.31. The molecule has 0 N–H and O–H groups in total. The molecule has 1 aromatic carbocycles. The summed E-state index contributed by atoms with van der Waals surface area (Å²) >= 11 is 0. The molecule has 11 nitrogen and oxygen atoms in total. The van der Waals surface area contributed by atoms with E-state index in [0.717, 1.165) is 12.1 Å². The van der Waals surface area contributed by atoms with Gasteiger partial charge in [-0.25, -0.2) is 9.78 Å². The van der Waals surface area contributed by atoms with Crippen molar-refractivity contribution in [3.05, 3.63) is 44.6 Å². The molecular formula is C30H37N5O6. The molecule has 11 heteroatoms. The number of ether oxygens (including phenoxy) is 3. The Morgan fingerprint density at radius 2 is 1.93 bits per heavy atom. The van der Waals surface area contributed by atoms with Crippen molar-refractivity contribution in [2.75, 3.05) is 38.2 Å². The highest BCUT2D eigenvalue weighted by atomic mass is 16.6. The van der Waals surface area contributed by atoms with Crippen LogP contribution in [0.25, 0.3) is 11.1 Å². The van der Waals surface area contributed by atoms with Gasteiger partial charge in [0.15, 0.2) is 5.75 Å². The summed E-state index contributed by atoms with van der Waals surface area (Å²) in [6.45, 7) is 13.9. The normalized spacial score (nSPS) is 18.9. The molecule has 41 heavy (non-hydrogen) atoms. The van der Waals surface area contributed by atoms with E-state index in [0.29, 0.717) is 60.7 Å². The predicted molar refractivity (Wildman–Crippen MR) is 152 cm³/mol. The zero-order valence-corrected chi connectivity index (χ0v) is 24.8. The molecule has 0 saturated carbocycles. The highest BCUT2D eigenvalue weighted by Crippen LogP contribution is 2.48. The van der Waals surface area contributed by atoms with Crippen LogP contribution in [0.15, 0.2) is 12.1 Å². The summed E-state index contributed by atoms with van der Waals surface area (Å²) in [4.78, 5) is 33.4. The first kappa shape index (κ1) is 28.6. The lowest BCUT2D eigenvalue weighted by molar-refractivity contribution is -0.385. The van der Waals surface area contributed by atoms with Crippen LogP contribution >= 0.6 is 0 Å². The number of hydrogen-bond donors (Lipinski definition) is 0. The number of anilines is 1. The van der Waals surface area contributed by atoms with Crippen LogP contribution in [0, 0.1) is 33.8 Å². The Hall–Kier alpha value is -3.91. The van der Waals surface area contributed by atoms with Gasteiger partial charge in [0.25, 0.3) is 0 Å². The molecule has 0 radical (unpaired) electrons. The van der Waals surface area contributed by atoms with Crippen molar-refractivity contribution in [3.63, 3.8) is 0 Å². The zero-order chi connectivity index (χ0) is 29.9. The summed E-state index contributed by atoms with van der Waals surface area (Å²) in [6, 6.07) is 5.70. The SMILES string of the molecule is COc1ccc(C)c(-c2c(C#N)c(N3CCC4(CN(C(=O)OC(C)(C)C)C4)C3)nc3c2COC(C)(C)C3)c1[N+](=O)[O-]. The number of nitro groups is 1. The number of aromatic nitrogens is 1. The summed E-state index contributed by atoms with van der Waals surface area (Å²) in [5.41, 5.74) is 1.88. The standard InChI is InChI=1S/C30H37N5O6/c1-18-8-9-22(39-7)25(35(37)38)23(18)24-19(13-31)26(32-21-12-29(5,6)40-14-20(21)24)33-11-10-30(15-33)16-34(17-30)27(36)41-28(2,3)4/h8-9H,10-12,14-17H2,1-7H3. The predicted octanol–water partition coefficient (Wildman–Crippen LogP) is 5.14. The van der Waals surface area contributed by atoms with E-state index in [4.69, 9.17) is 19.2 Å². The van der Waals surface area contributed by atoms with Gasteiger partial charge >= 0.3 is 11.8 Å². The molecule has 0 unspecified atom stereocenters.